The Balaban J connectivity index is 1.37. The molecule has 0 spiro atoms. The standard InChI is InChI=1S/C43H42O18/c44-12-15-7-20-28(18-4-2-6-25(33(18)37(52)30(20)22(47)8-15)60-43-41(56)40(55)36(51)27(14-46)61-43)29-19-3-1-5-24(59-26-11-17(13-45)34(49)39(54)35(26)50)32(19)38(53)31-21(29)9-16(42(57)58)10-23(31)48/h1-10,17,26-29,34-36,39-41,43-51,54-56H,11-14H2,(H,57,58)/t17?,26-,27?,28-,29-,34-,35-,36-,39?,40?,41+,43-/m1/s1. The zero-order valence-electron chi connectivity index (χ0n) is 31.8. The van der Waals surface area contributed by atoms with E-state index >= 15 is 0 Å². The number of aromatic carboxylic acids is 1. The number of carboxylic acids is 1. The summed E-state index contributed by atoms with van der Waals surface area (Å²) in [7, 11) is 0. The number of ether oxygens (including phenoxy) is 3. The Morgan fingerprint density at radius 3 is 1.74 bits per heavy atom. The molecule has 2 fully saturated rings. The molecule has 61 heavy (non-hydrogen) atoms. The molecule has 8 rings (SSSR count). The normalized spacial score (nSPS) is 30.4. The molecular formula is C43H42O18. The van der Waals surface area contributed by atoms with Gasteiger partial charge in [-0.1, -0.05) is 30.3 Å². The van der Waals surface area contributed by atoms with Gasteiger partial charge in [-0.25, -0.2) is 4.79 Å². The van der Waals surface area contributed by atoms with Gasteiger partial charge in [-0.05, 0) is 64.6 Å². The van der Waals surface area contributed by atoms with E-state index in [0.29, 0.717) is 0 Å². The highest BCUT2D eigenvalue weighted by atomic mass is 16.7. The first-order valence-electron chi connectivity index (χ1n) is 19.3. The molecule has 1 saturated carbocycles. The summed E-state index contributed by atoms with van der Waals surface area (Å²) in [4.78, 5) is 41.9. The van der Waals surface area contributed by atoms with Crippen molar-refractivity contribution in [3.63, 3.8) is 0 Å². The average Bonchev–Trinajstić information content (AvgIpc) is 3.24. The number of benzene rings is 4. The molecule has 1 saturated heterocycles. The predicted molar refractivity (Wildman–Crippen MR) is 205 cm³/mol. The number of fused-ring (bicyclic) bond motifs is 4. The lowest BCUT2D eigenvalue weighted by Crippen LogP contribution is -2.60. The van der Waals surface area contributed by atoms with Crippen LogP contribution >= 0.6 is 0 Å². The van der Waals surface area contributed by atoms with E-state index in [2.05, 4.69) is 0 Å². The van der Waals surface area contributed by atoms with Gasteiger partial charge in [0.2, 0.25) is 17.9 Å². The third-order valence-corrected chi connectivity index (χ3v) is 12.2. The summed E-state index contributed by atoms with van der Waals surface area (Å²) in [5.74, 6) is -8.24. The Labute approximate surface area is 345 Å². The summed E-state index contributed by atoms with van der Waals surface area (Å²) in [6.45, 7) is -1.96. The maximum atomic E-state index is 14.7. The largest absolute Gasteiger partial charge is 0.507 e. The van der Waals surface area contributed by atoms with E-state index in [-0.39, 0.29) is 68.0 Å². The number of carbonyl (C=O) groups excluding carboxylic acids is 2. The van der Waals surface area contributed by atoms with Crippen LogP contribution in [0.4, 0.5) is 0 Å². The van der Waals surface area contributed by atoms with Crippen molar-refractivity contribution in [2.75, 3.05) is 13.2 Å². The third kappa shape index (κ3) is 6.81. The Bertz CT molecular complexity index is 2410. The summed E-state index contributed by atoms with van der Waals surface area (Å²) in [6, 6.07) is 13.4. The van der Waals surface area contributed by atoms with Crippen LogP contribution in [0.1, 0.15) is 88.3 Å². The second-order valence-electron chi connectivity index (χ2n) is 15.7. The van der Waals surface area contributed by atoms with Gasteiger partial charge < -0.3 is 75.5 Å². The molecule has 12 atom stereocenters. The van der Waals surface area contributed by atoms with E-state index in [9.17, 15) is 75.7 Å². The van der Waals surface area contributed by atoms with Gasteiger partial charge in [-0.15, -0.1) is 0 Å². The van der Waals surface area contributed by atoms with Crippen molar-refractivity contribution in [1.29, 1.82) is 0 Å². The van der Waals surface area contributed by atoms with Gasteiger partial charge in [0, 0.05) is 24.4 Å². The number of rotatable bonds is 9. The minimum absolute atomic E-state index is 0.0333. The topological polar surface area (TPSA) is 322 Å². The van der Waals surface area contributed by atoms with Crippen LogP contribution in [0, 0.1) is 5.92 Å². The Kier molecular flexibility index (Phi) is 11.1. The van der Waals surface area contributed by atoms with Crippen molar-refractivity contribution < 1.29 is 89.9 Å². The van der Waals surface area contributed by atoms with Gasteiger partial charge in [0.1, 0.15) is 65.7 Å². The molecule has 0 bridgehead atoms. The number of phenolic OH excluding ortho intramolecular Hbond substituents is 2. The fourth-order valence-electron chi connectivity index (χ4n) is 9.19. The minimum Gasteiger partial charge on any atom is -0.507 e. The monoisotopic (exact) mass is 846 g/mol. The molecule has 0 amide bonds. The molecular weight excluding hydrogens is 804 g/mol. The molecule has 0 radical (unpaired) electrons. The lowest BCUT2D eigenvalue weighted by molar-refractivity contribution is -0.277. The molecule has 3 aliphatic carbocycles. The Hall–Kier alpha value is -5.51. The zero-order chi connectivity index (χ0) is 43.8. The van der Waals surface area contributed by atoms with Crippen LogP contribution in [0.15, 0.2) is 60.7 Å². The highest BCUT2D eigenvalue weighted by Crippen LogP contribution is 2.56. The Morgan fingerprint density at radius 2 is 1.18 bits per heavy atom. The van der Waals surface area contributed by atoms with E-state index < -0.39 is 127 Å². The summed E-state index contributed by atoms with van der Waals surface area (Å²) >= 11 is 0. The molecule has 1 aliphatic heterocycles. The molecule has 18 heteroatoms. The molecule has 0 aromatic heterocycles. The fraction of sp³-hybridized carbons (Fsp3) is 0.372. The summed E-state index contributed by atoms with van der Waals surface area (Å²) < 4.78 is 17.8. The van der Waals surface area contributed by atoms with Gasteiger partial charge >= 0.3 is 5.97 Å². The molecule has 4 aliphatic rings. The van der Waals surface area contributed by atoms with Crippen LogP contribution in [0.5, 0.6) is 23.0 Å². The third-order valence-electron chi connectivity index (χ3n) is 12.2. The number of carbonyl (C=O) groups is 3. The van der Waals surface area contributed by atoms with Crippen LogP contribution in [-0.2, 0) is 11.3 Å². The minimum atomic E-state index is -1.89. The van der Waals surface area contributed by atoms with Crippen LogP contribution in [0.25, 0.3) is 0 Å². The van der Waals surface area contributed by atoms with Crippen molar-refractivity contribution in [3.05, 3.63) is 116 Å². The number of aromatic hydroxyl groups is 2. The van der Waals surface area contributed by atoms with Crippen LogP contribution in [-0.4, -0.2) is 147 Å². The summed E-state index contributed by atoms with van der Waals surface area (Å²) in [5, 5.41) is 127. The van der Waals surface area contributed by atoms with Crippen molar-refractivity contribution in [2.45, 2.75) is 80.0 Å². The second kappa shape index (κ2) is 16.1. The predicted octanol–water partition coefficient (Wildman–Crippen LogP) is -0.638. The highest BCUT2D eigenvalue weighted by molar-refractivity contribution is 6.18. The van der Waals surface area contributed by atoms with Crippen molar-refractivity contribution >= 4 is 17.5 Å². The van der Waals surface area contributed by atoms with Gasteiger partial charge in [0.15, 0.2) is 0 Å². The smallest absolute Gasteiger partial charge is 0.335 e. The van der Waals surface area contributed by atoms with Gasteiger partial charge in [-0.3, -0.25) is 9.59 Å². The SMILES string of the molecule is O=C(O)c1cc(O)c2c(c1)[C@H]([C@H]1c3cc(CO)cc(O)c3C(=O)c3c(O[C@@H]4OC(CO)[C@@H](O)C(O)[C@@H]4O)cccc31)c1cccc(O[C@@H]3CC(CO)[C@@H](O)C(O)[C@@H]3O)c1C2=O. The first kappa shape index (κ1) is 42.2. The number of hydrogen-bond acceptors (Lipinski definition) is 17. The van der Waals surface area contributed by atoms with Gasteiger partial charge in [0.05, 0.1) is 47.1 Å². The fourth-order valence-corrected chi connectivity index (χ4v) is 9.19. The van der Waals surface area contributed by atoms with Gasteiger partial charge in [0.25, 0.3) is 0 Å². The maximum absolute atomic E-state index is 14.7. The van der Waals surface area contributed by atoms with Crippen LogP contribution in [0.2, 0.25) is 0 Å². The average molecular weight is 847 g/mol. The van der Waals surface area contributed by atoms with Crippen molar-refractivity contribution in [2.24, 2.45) is 5.92 Å². The Morgan fingerprint density at radius 1 is 0.623 bits per heavy atom. The van der Waals surface area contributed by atoms with E-state index in [0.717, 1.165) is 12.1 Å². The first-order valence-corrected chi connectivity index (χ1v) is 19.3. The molecule has 18 nitrogen and oxygen atoms in total. The first-order chi connectivity index (χ1) is 29.1. The number of hydrogen-bond donors (Lipinski definition) is 12. The highest BCUT2D eigenvalue weighted by Gasteiger charge is 2.49. The number of phenols is 2. The van der Waals surface area contributed by atoms with E-state index in [1.54, 1.807) is 0 Å². The molecule has 4 aromatic carbocycles. The van der Waals surface area contributed by atoms with Crippen LogP contribution in [0.3, 0.4) is 0 Å². The van der Waals surface area contributed by atoms with Crippen molar-refractivity contribution in [1.82, 2.24) is 0 Å². The zero-order valence-corrected chi connectivity index (χ0v) is 31.8. The lowest BCUT2D eigenvalue weighted by atomic mass is 9.63. The number of aliphatic hydroxyl groups is 9. The summed E-state index contributed by atoms with van der Waals surface area (Å²) in [5.41, 5.74) is -0.962. The summed E-state index contributed by atoms with van der Waals surface area (Å²) in [6.07, 6.45) is -15.0. The molecule has 4 aromatic rings. The lowest BCUT2D eigenvalue weighted by Gasteiger charge is -2.41. The molecule has 1 heterocycles. The van der Waals surface area contributed by atoms with E-state index in [4.69, 9.17) is 14.2 Å². The van der Waals surface area contributed by atoms with E-state index in [1.165, 1.54) is 48.5 Å². The van der Waals surface area contributed by atoms with Gasteiger partial charge in [-0.2, -0.15) is 0 Å². The number of carboxylic acid groups (broad SMARTS) is 1. The molecule has 12 N–H and O–H groups in total. The quantitative estimate of drug-likeness (QED) is 0.0997. The van der Waals surface area contributed by atoms with Crippen LogP contribution < -0.4 is 9.47 Å². The van der Waals surface area contributed by atoms with Crippen molar-refractivity contribution in [3.8, 4) is 23.0 Å². The number of ketones is 2. The second-order valence-corrected chi connectivity index (χ2v) is 15.7. The molecule has 4 unspecified atom stereocenters. The van der Waals surface area contributed by atoms with E-state index in [1.807, 2.05) is 0 Å². The number of aliphatic hydroxyl groups excluding tert-OH is 9. The maximum Gasteiger partial charge on any atom is 0.335 e. The molecule has 322 valence electrons.